The maximum absolute atomic E-state index is 12.0. The SMILES string of the molecule is CCCS(=O)(=O)Cc1ccccc1-c1ccccc1. The van der Waals surface area contributed by atoms with Crippen molar-refractivity contribution in [1.29, 1.82) is 0 Å². The van der Waals surface area contributed by atoms with Gasteiger partial charge in [-0.1, -0.05) is 61.5 Å². The van der Waals surface area contributed by atoms with Crippen LogP contribution >= 0.6 is 0 Å². The van der Waals surface area contributed by atoms with Crippen molar-refractivity contribution in [2.24, 2.45) is 0 Å². The maximum Gasteiger partial charge on any atom is 0.154 e. The van der Waals surface area contributed by atoms with Gasteiger partial charge in [0.15, 0.2) is 9.84 Å². The predicted octanol–water partition coefficient (Wildman–Crippen LogP) is 3.68. The summed E-state index contributed by atoms with van der Waals surface area (Å²) in [5.41, 5.74) is 2.94. The molecule has 2 nitrogen and oxygen atoms in total. The fourth-order valence-corrected chi connectivity index (χ4v) is 3.66. The van der Waals surface area contributed by atoms with Gasteiger partial charge in [0, 0.05) is 0 Å². The van der Waals surface area contributed by atoms with Gasteiger partial charge in [0.25, 0.3) is 0 Å². The molecule has 2 aromatic carbocycles. The Labute approximate surface area is 115 Å². The van der Waals surface area contributed by atoms with Crippen molar-refractivity contribution in [3.8, 4) is 11.1 Å². The molecule has 0 aromatic heterocycles. The van der Waals surface area contributed by atoms with Crippen LogP contribution in [0, 0.1) is 0 Å². The van der Waals surface area contributed by atoms with E-state index in [1.54, 1.807) is 0 Å². The fraction of sp³-hybridized carbons (Fsp3) is 0.250. The number of sulfone groups is 1. The minimum Gasteiger partial charge on any atom is -0.228 e. The average molecular weight is 274 g/mol. The topological polar surface area (TPSA) is 34.1 Å². The Morgan fingerprint density at radius 2 is 1.53 bits per heavy atom. The van der Waals surface area contributed by atoms with E-state index in [1.807, 2.05) is 61.5 Å². The molecule has 19 heavy (non-hydrogen) atoms. The van der Waals surface area contributed by atoms with Gasteiger partial charge >= 0.3 is 0 Å². The summed E-state index contributed by atoms with van der Waals surface area (Å²) in [6.07, 6.45) is 0.663. The minimum atomic E-state index is -3.02. The molecule has 0 heterocycles. The number of hydrogen-bond donors (Lipinski definition) is 0. The highest BCUT2D eigenvalue weighted by molar-refractivity contribution is 7.90. The molecular formula is C16H18O2S. The Balaban J connectivity index is 2.38. The quantitative estimate of drug-likeness (QED) is 0.833. The Kier molecular flexibility index (Phi) is 4.38. The number of hydrogen-bond acceptors (Lipinski definition) is 2. The molecule has 0 amide bonds. The van der Waals surface area contributed by atoms with Crippen molar-refractivity contribution in [3.63, 3.8) is 0 Å². The summed E-state index contributed by atoms with van der Waals surface area (Å²) in [6.45, 7) is 1.89. The van der Waals surface area contributed by atoms with Gasteiger partial charge in [-0.05, 0) is 23.1 Å². The average Bonchev–Trinajstić information content (AvgIpc) is 2.40. The Hall–Kier alpha value is -1.61. The van der Waals surface area contributed by atoms with Gasteiger partial charge in [0.05, 0.1) is 11.5 Å². The molecule has 0 radical (unpaired) electrons. The van der Waals surface area contributed by atoms with Crippen LogP contribution in [0.15, 0.2) is 54.6 Å². The Bertz CT molecular complexity index is 631. The van der Waals surface area contributed by atoms with Crippen molar-refractivity contribution in [2.75, 3.05) is 5.75 Å². The Morgan fingerprint density at radius 1 is 0.895 bits per heavy atom. The molecule has 0 fully saturated rings. The second-order valence-corrected chi connectivity index (χ2v) is 6.80. The standard InChI is InChI=1S/C16H18O2S/c1-2-12-19(17,18)13-15-10-6-7-11-16(15)14-8-4-3-5-9-14/h3-11H,2,12-13H2,1H3. The van der Waals surface area contributed by atoms with E-state index in [1.165, 1.54) is 0 Å². The van der Waals surface area contributed by atoms with Gasteiger partial charge in [0.1, 0.15) is 0 Å². The number of benzene rings is 2. The van der Waals surface area contributed by atoms with Crippen molar-refractivity contribution in [1.82, 2.24) is 0 Å². The summed E-state index contributed by atoms with van der Waals surface area (Å²) in [5, 5.41) is 0. The van der Waals surface area contributed by atoms with E-state index in [4.69, 9.17) is 0 Å². The summed E-state index contributed by atoms with van der Waals surface area (Å²) in [6, 6.07) is 17.6. The molecule has 0 N–H and O–H groups in total. The van der Waals surface area contributed by atoms with Crippen LogP contribution in [0.1, 0.15) is 18.9 Å². The zero-order valence-corrected chi connectivity index (χ0v) is 11.9. The zero-order valence-electron chi connectivity index (χ0n) is 11.0. The molecule has 0 unspecified atom stereocenters. The summed E-state index contributed by atoms with van der Waals surface area (Å²) >= 11 is 0. The minimum absolute atomic E-state index is 0.117. The van der Waals surface area contributed by atoms with E-state index in [0.717, 1.165) is 16.7 Å². The fourth-order valence-electron chi connectivity index (χ4n) is 2.17. The molecular weight excluding hydrogens is 256 g/mol. The first-order valence-electron chi connectivity index (χ1n) is 6.46. The monoisotopic (exact) mass is 274 g/mol. The molecule has 0 aliphatic carbocycles. The molecule has 0 saturated heterocycles. The first-order valence-corrected chi connectivity index (χ1v) is 8.28. The third-order valence-electron chi connectivity index (χ3n) is 2.99. The molecule has 0 aliphatic rings. The van der Waals surface area contributed by atoms with E-state index in [9.17, 15) is 8.42 Å². The molecule has 0 aliphatic heterocycles. The van der Waals surface area contributed by atoms with E-state index in [0.29, 0.717) is 6.42 Å². The van der Waals surface area contributed by atoms with Gasteiger partial charge in [-0.25, -0.2) is 8.42 Å². The lowest BCUT2D eigenvalue weighted by Gasteiger charge is -2.10. The van der Waals surface area contributed by atoms with Gasteiger partial charge in [-0.3, -0.25) is 0 Å². The Morgan fingerprint density at radius 3 is 2.21 bits per heavy atom. The van der Waals surface area contributed by atoms with Gasteiger partial charge in [-0.2, -0.15) is 0 Å². The van der Waals surface area contributed by atoms with Crippen LogP contribution in [0.2, 0.25) is 0 Å². The van der Waals surface area contributed by atoms with E-state index < -0.39 is 9.84 Å². The predicted molar refractivity (Wildman–Crippen MR) is 79.7 cm³/mol. The van der Waals surface area contributed by atoms with Gasteiger partial charge in [-0.15, -0.1) is 0 Å². The van der Waals surface area contributed by atoms with Crippen LogP contribution in [0.25, 0.3) is 11.1 Å². The van der Waals surface area contributed by atoms with Crippen molar-refractivity contribution in [2.45, 2.75) is 19.1 Å². The molecule has 0 spiro atoms. The third kappa shape index (κ3) is 3.67. The van der Waals surface area contributed by atoms with E-state index >= 15 is 0 Å². The molecule has 2 rings (SSSR count). The smallest absolute Gasteiger partial charge is 0.154 e. The lowest BCUT2D eigenvalue weighted by molar-refractivity contribution is 0.594. The van der Waals surface area contributed by atoms with Crippen LogP contribution in [0.4, 0.5) is 0 Å². The van der Waals surface area contributed by atoms with Crippen LogP contribution in [-0.2, 0) is 15.6 Å². The molecule has 3 heteroatoms. The van der Waals surface area contributed by atoms with Crippen molar-refractivity contribution >= 4 is 9.84 Å². The second kappa shape index (κ2) is 6.02. The molecule has 0 bridgehead atoms. The molecule has 100 valence electrons. The van der Waals surface area contributed by atoms with Crippen LogP contribution in [0.5, 0.6) is 0 Å². The molecule has 0 saturated carbocycles. The normalized spacial score (nSPS) is 11.4. The third-order valence-corrected chi connectivity index (χ3v) is 4.77. The lowest BCUT2D eigenvalue weighted by atomic mass is 10.0. The first-order chi connectivity index (χ1) is 9.12. The van der Waals surface area contributed by atoms with Gasteiger partial charge in [0.2, 0.25) is 0 Å². The summed E-state index contributed by atoms with van der Waals surface area (Å²) in [7, 11) is -3.02. The summed E-state index contributed by atoms with van der Waals surface area (Å²) < 4.78 is 24.0. The maximum atomic E-state index is 12.0. The highest BCUT2D eigenvalue weighted by Crippen LogP contribution is 2.25. The molecule has 2 aromatic rings. The van der Waals surface area contributed by atoms with Crippen LogP contribution in [-0.4, -0.2) is 14.2 Å². The van der Waals surface area contributed by atoms with E-state index in [2.05, 4.69) is 0 Å². The summed E-state index contributed by atoms with van der Waals surface area (Å²) in [5.74, 6) is 0.363. The van der Waals surface area contributed by atoms with Crippen molar-refractivity contribution in [3.05, 3.63) is 60.2 Å². The van der Waals surface area contributed by atoms with Gasteiger partial charge < -0.3 is 0 Å². The lowest BCUT2D eigenvalue weighted by Crippen LogP contribution is -2.09. The van der Waals surface area contributed by atoms with Crippen molar-refractivity contribution < 1.29 is 8.42 Å². The highest BCUT2D eigenvalue weighted by Gasteiger charge is 2.13. The largest absolute Gasteiger partial charge is 0.228 e. The zero-order chi connectivity index (χ0) is 13.7. The number of rotatable bonds is 5. The van der Waals surface area contributed by atoms with Crippen LogP contribution in [0.3, 0.4) is 0 Å². The molecule has 0 atom stereocenters. The summed E-state index contributed by atoms with van der Waals surface area (Å²) in [4.78, 5) is 0. The first kappa shape index (κ1) is 13.8. The highest BCUT2D eigenvalue weighted by atomic mass is 32.2. The van der Waals surface area contributed by atoms with E-state index in [-0.39, 0.29) is 11.5 Å². The van der Waals surface area contributed by atoms with Crippen LogP contribution < -0.4 is 0 Å². The second-order valence-electron chi connectivity index (χ2n) is 4.62.